The summed E-state index contributed by atoms with van der Waals surface area (Å²) in [6.07, 6.45) is -3.31. The number of nitrogens with zero attached hydrogens (tertiary/aromatic N) is 4. The number of halogens is 3. The molecule has 7 nitrogen and oxygen atoms in total. The van der Waals surface area contributed by atoms with E-state index in [2.05, 4.69) is 20.3 Å². The van der Waals surface area contributed by atoms with Crippen molar-refractivity contribution >= 4 is 17.0 Å². The van der Waals surface area contributed by atoms with E-state index in [1.165, 1.54) is 6.92 Å². The summed E-state index contributed by atoms with van der Waals surface area (Å²) in [5.41, 5.74) is 0.626. The molecule has 10 heteroatoms. The van der Waals surface area contributed by atoms with Crippen molar-refractivity contribution < 1.29 is 22.5 Å². The fraction of sp³-hybridized carbons (Fsp3) is 0.500. The number of carbonyl (C=O) groups is 1. The van der Waals surface area contributed by atoms with Crippen molar-refractivity contribution in [3.63, 3.8) is 0 Å². The van der Waals surface area contributed by atoms with E-state index in [1.54, 1.807) is 11.0 Å². The largest absolute Gasteiger partial charge is 0.417 e. The van der Waals surface area contributed by atoms with E-state index in [1.807, 2.05) is 13.8 Å². The summed E-state index contributed by atoms with van der Waals surface area (Å²) in [5.74, 6) is -0.426. The van der Waals surface area contributed by atoms with E-state index in [0.717, 1.165) is 11.8 Å². The van der Waals surface area contributed by atoms with Crippen LogP contribution in [0.2, 0.25) is 0 Å². The predicted molar refractivity (Wildman–Crippen MR) is 102 cm³/mol. The normalized spacial score (nSPS) is 17.8. The molecule has 1 atom stereocenters. The van der Waals surface area contributed by atoms with E-state index in [9.17, 15) is 18.0 Å². The number of fused-ring (bicyclic) bond motifs is 1. The highest BCUT2D eigenvalue weighted by molar-refractivity contribution is 5.92. The van der Waals surface area contributed by atoms with Gasteiger partial charge in [-0.1, -0.05) is 19.0 Å². The molecule has 30 heavy (non-hydrogen) atoms. The Hall–Kier alpha value is -2.91. The molecule has 4 heterocycles. The van der Waals surface area contributed by atoms with E-state index in [4.69, 9.17) is 4.52 Å². The summed E-state index contributed by atoms with van der Waals surface area (Å²) in [7, 11) is 0. The topological polar surface area (TPSA) is 87.9 Å². The fourth-order valence-corrected chi connectivity index (χ4v) is 3.89. The number of aromatic nitrogens is 4. The molecule has 0 aliphatic carbocycles. The van der Waals surface area contributed by atoms with Crippen molar-refractivity contribution in [1.29, 1.82) is 0 Å². The molecule has 1 aliphatic heterocycles. The Kier molecular flexibility index (Phi) is 5.03. The van der Waals surface area contributed by atoms with Gasteiger partial charge in [0.1, 0.15) is 5.69 Å². The molecule has 1 aliphatic rings. The van der Waals surface area contributed by atoms with Gasteiger partial charge in [0.05, 0.1) is 16.6 Å². The zero-order valence-corrected chi connectivity index (χ0v) is 16.9. The van der Waals surface area contributed by atoms with Crippen LogP contribution in [0.15, 0.2) is 16.7 Å². The maximum absolute atomic E-state index is 13.6. The standard InChI is InChI=1S/C20H22F3N5O2/c1-10(2)14-8-15(26-25-14)19(29)28-6-4-5-12(9-28)17-16-13(20(21,22)23)7-11(3)24-18(16)30-27-17/h7-8,10,12H,4-6,9H2,1-3H3,(H,25,26). The number of alkyl halides is 3. The molecule has 1 saturated heterocycles. The van der Waals surface area contributed by atoms with E-state index in [-0.39, 0.29) is 46.8 Å². The van der Waals surface area contributed by atoms with Crippen LogP contribution in [-0.4, -0.2) is 44.2 Å². The predicted octanol–water partition coefficient (Wildman–Crippen LogP) is 4.42. The zero-order chi connectivity index (χ0) is 21.6. The summed E-state index contributed by atoms with van der Waals surface area (Å²) in [4.78, 5) is 18.6. The third-order valence-corrected chi connectivity index (χ3v) is 5.44. The van der Waals surface area contributed by atoms with Crippen LogP contribution in [0.25, 0.3) is 11.1 Å². The Balaban J connectivity index is 1.65. The van der Waals surface area contributed by atoms with Crippen LogP contribution in [0.1, 0.15) is 71.7 Å². The molecular weight excluding hydrogens is 399 g/mol. The zero-order valence-electron chi connectivity index (χ0n) is 16.9. The molecule has 1 fully saturated rings. The summed E-state index contributed by atoms with van der Waals surface area (Å²) >= 11 is 0. The molecular formula is C20H22F3N5O2. The first-order valence-corrected chi connectivity index (χ1v) is 9.84. The Bertz CT molecular complexity index is 1090. The molecule has 0 bridgehead atoms. The Morgan fingerprint density at radius 3 is 2.77 bits per heavy atom. The number of hydrogen-bond donors (Lipinski definition) is 1. The summed E-state index contributed by atoms with van der Waals surface area (Å²) < 4.78 is 46.1. The highest BCUT2D eigenvalue weighted by atomic mass is 19.4. The highest BCUT2D eigenvalue weighted by Crippen LogP contribution is 2.40. The summed E-state index contributed by atoms with van der Waals surface area (Å²) in [5, 5.41) is 10.8. The van der Waals surface area contributed by atoms with Gasteiger partial charge >= 0.3 is 6.18 Å². The summed E-state index contributed by atoms with van der Waals surface area (Å²) in [6.45, 7) is 6.21. The quantitative estimate of drug-likeness (QED) is 0.677. The average Bonchev–Trinajstić information content (AvgIpc) is 3.33. The van der Waals surface area contributed by atoms with Gasteiger partial charge in [-0.05, 0) is 37.8 Å². The molecule has 4 rings (SSSR count). The number of amides is 1. The van der Waals surface area contributed by atoms with Crippen molar-refractivity contribution in [2.75, 3.05) is 13.1 Å². The molecule has 1 unspecified atom stereocenters. The number of nitrogens with one attached hydrogen (secondary N) is 1. The Morgan fingerprint density at radius 2 is 2.10 bits per heavy atom. The van der Waals surface area contributed by atoms with Crippen molar-refractivity contribution in [1.82, 2.24) is 25.2 Å². The number of carbonyl (C=O) groups excluding carboxylic acids is 1. The number of H-pyrrole nitrogens is 1. The maximum Gasteiger partial charge on any atom is 0.417 e. The first-order chi connectivity index (χ1) is 14.1. The lowest BCUT2D eigenvalue weighted by Crippen LogP contribution is -2.39. The van der Waals surface area contributed by atoms with Crippen LogP contribution in [0, 0.1) is 6.92 Å². The number of hydrogen-bond acceptors (Lipinski definition) is 5. The van der Waals surface area contributed by atoms with Gasteiger partial charge in [0.25, 0.3) is 11.6 Å². The van der Waals surface area contributed by atoms with Crippen LogP contribution in [0.3, 0.4) is 0 Å². The molecule has 0 aromatic carbocycles. The van der Waals surface area contributed by atoms with Gasteiger partial charge in [-0.25, -0.2) is 4.98 Å². The summed E-state index contributed by atoms with van der Waals surface area (Å²) in [6, 6.07) is 2.72. The number of piperidine rings is 1. The van der Waals surface area contributed by atoms with Gasteiger partial charge in [-0.15, -0.1) is 0 Å². The number of aryl methyl sites for hydroxylation is 1. The first-order valence-electron chi connectivity index (χ1n) is 9.84. The number of aromatic amines is 1. The van der Waals surface area contributed by atoms with E-state index >= 15 is 0 Å². The van der Waals surface area contributed by atoms with Crippen LogP contribution < -0.4 is 0 Å². The third kappa shape index (κ3) is 3.66. The van der Waals surface area contributed by atoms with Crippen molar-refractivity contribution in [3.05, 3.63) is 40.5 Å². The van der Waals surface area contributed by atoms with Crippen molar-refractivity contribution in [2.24, 2.45) is 0 Å². The molecule has 3 aromatic heterocycles. The molecule has 0 radical (unpaired) electrons. The van der Waals surface area contributed by atoms with Crippen molar-refractivity contribution in [3.8, 4) is 0 Å². The number of likely N-dealkylation sites (tertiary alicyclic amines) is 1. The molecule has 1 amide bonds. The molecule has 1 N–H and O–H groups in total. The number of rotatable bonds is 3. The van der Waals surface area contributed by atoms with Gasteiger partial charge < -0.3 is 9.42 Å². The Morgan fingerprint density at radius 1 is 1.33 bits per heavy atom. The van der Waals surface area contributed by atoms with Crippen LogP contribution >= 0.6 is 0 Å². The van der Waals surface area contributed by atoms with Crippen molar-refractivity contribution in [2.45, 2.75) is 51.6 Å². The van der Waals surface area contributed by atoms with Gasteiger partial charge in [-0.2, -0.15) is 18.3 Å². The molecule has 0 saturated carbocycles. The minimum atomic E-state index is -4.56. The Labute approximate surface area is 170 Å². The third-order valence-electron chi connectivity index (χ3n) is 5.44. The SMILES string of the molecule is Cc1cc(C(F)(F)F)c2c(C3CCCN(C(=O)c4cc(C(C)C)[nH]n4)C3)noc2n1. The first kappa shape index (κ1) is 20.4. The van der Waals surface area contributed by atoms with Crippen LogP contribution in [-0.2, 0) is 6.18 Å². The lowest BCUT2D eigenvalue weighted by Gasteiger charge is -2.31. The average molecular weight is 421 g/mol. The smallest absolute Gasteiger partial charge is 0.337 e. The van der Waals surface area contributed by atoms with Gasteiger partial charge in [-0.3, -0.25) is 9.89 Å². The van der Waals surface area contributed by atoms with Crippen LogP contribution in [0.4, 0.5) is 13.2 Å². The molecule has 0 spiro atoms. The van der Waals surface area contributed by atoms with Crippen LogP contribution in [0.5, 0.6) is 0 Å². The molecule has 160 valence electrons. The van der Waals surface area contributed by atoms with Gasteiger partial charge in [0, 0.05) is 30.4 Å². The van der Waals surface area contributed by atoms with Gasteiger partial charge in [0.15, 0.2) is 0 Å². The highest BCUT2D eigenvalue weighted by Gasteiger charge is 2.38. The second-order valence-electron chi connectivity index (χ2n) is 8.01. The van der Waals surface area contributed by atoms with Gasteiger partial charge in [0.2, 0.25) is 0 Å². The van der Waals surface area contributed by atoms with E-state index < -0.39 is 11.7 Å². The molecule has 3 aromatic rings. The fourth-order valence-electron chi connectivity index (χ4n) is 3.89. The monoisotopic (exact) mass is 421 g/mol. The lowest BCUT2D eigenvalue weighted by atomic mass is 9.91. The maximum atomic E-state index is 13.6. The second-order valence-corrected chi connectivity index (χ2v) is 8.01. The minimum Gasteiger partial charge on any atom is -0.337 e. The minimum absolute atomic E-state index is 0.116. The number of pyridine rings is 1. The van der Waals surface area contributed by atoms with E-state index in [0.29, 0.717) is 25.1 Å². The lowest BCUT2D eigenvalue weighted by molar-refractivity contribution is -0.136. The second kappa shape index (κ2) is 7.41.